The van der Waals surface area contributed by atoms with E-state index in [1.807, 2.05) is 0 Å². The molecule has 3 rings (SSSR count). The molecule has 2 atom stereocenters. The summed E-state index contributed by atoms with van der Waals surface area (Å²) in [5, 5.41) is 14.0. The topological polar surface area (TPSA) is 107 Å². The number of hydrogen-bond donors (Lipinski definition) is 1. The van der Waals surface area contributed by atoms with Gasteiger partial charge >= 0.3 is 0 Å². The SMILES string of the molecule is O=C([O-])[C@@H]1CCCC[C@H]1C(=O)Nc1ccc(S(=O)(=O)N2CCCCC2)cc1. The first-order chi connectivity index (χ1) is 12.9. The largest absolute Gasteiger partial charge is 0.550 e. The van der Waals surface area contributed by atoms with Crippen molar-refractivity contribution in [3.05, 3.63) is 24.3 Å². The minimum atomic E-state index is -3.51. The normalized spacial score (nSPS) is 24.3. The second kappa shape index (κ2) is 8.39. The summed E-state index contributed by atoms with van der Waals surface area (Å²) in [7, 11) is -3.51. The number of nitrogens with one attached hydrogen (secondary N) is 1. The van der Waals surface area contributed by atoms with Gasteiger partial charge in [0.25, 0.3) is 0 Å². The molecule has 7 nitrogen and oxygen atoms in total. The molecule has 1 N–H and O–H groups in total. The third-order valence-corrected chi connectivity index (χ3v) is 7.39. The van der Waals surface area contributed by atoms with E-state index < -0.39 is 27.8 Å². The average Bonchev–Trinajstić information content (AvgIpc) is 2.69. The van der Waals surface area contributed by atoms with E-state index in [-0.39, 0.29) is 10.8 Å². The van der Waals surface area contributed by atoms with Gasteiger partial charge in [-0.2, -0.15) is 4.31 Å². The summed E-state index contributed by atoms with van der Waals surface area (Å²) < 4.78 is 26.8. The molecule has 2 aliphatic rings. The number of piperidine rings is 1. The van der Waals surface area contributed by atoms with Crippen LogP contribution in [-0.4, -0.2) is 37.7 Å². The first-order valence-corrected chi connectivity index (χ1v) is 11.0. The summed E-state index contributed by atoms with van der Waals surface area (Å²) in [4.78, 5) is 23.9. The highest BCUT2D eigenvalue weighted by Gasteiger charge is 2.32. The van der Waals surface area contributed by atoms with Gasteiger partial charge in [-0.05, 0) is 49.9 Å². The Kier molecular flexibility index (Phi) is 6.16. The molecule has 0 radical (unpaired) electrons. The second-order valence-corrected chi connectivity index (χ2v) is 9.23. The molecular weight excluding hydrogens is 368 g/mol. The molecule has 1 heterocycles. The first kappa shape index (κ1) is 19.8. The van der Waals surface area contributed by atoms with Crippen LogP contribution in [0.3, 0.4) is 0 Å². The third kappa shape index (κ3) is 4.50. The molecule has 8 heteroatoms. The van der Waals surface area contributed by atoms with E-state index in [9.17, 15) is 23.1 Å². The first-order valence-electron chi connectivity index (χ1n) is 9.51. The minimum absolute atomic E-state index is 0.202. The summed E-state index contributed by atoms with van der Waals surface area (Å²) >= 11 is 0. The second-order valence-electron chi connectivity index (χ2n) is 7.29. The van der Waals surface area contributed by atoms with Crippen molar-refractivity contribution >= 4 is 27.6 Å². The zero-order valence-electron chi connectivity index (χ0n) is 15.2. The molecule has 27 heavy (non-hydrogen) atoms. The van der Waals surface area contributed by atoms with Crippen molar-refractivity contribution in [2.24, 2.45) is 11.8 Å². The van der Waals surface area contributed by atoms with Crippen LogP contribution >= 0.6 is 0 Å². The van der Waals surface area contributed by atoms with Crippen LogP contribution in [0, 0.1) is 11.8 Å². The summed E-state index contributed by atoms with van der Waals surface area (Å²) in [6.07, 6.45) is 5.35. The number of carbonyl (C=O) groups excluding carboxylic acids is 2. The van der Waals surface area contributed by atoms with Crippen LogP contribution in [0.25, 0.3) is 0 Å². The Labute approximate surface area is 159 Å². The van der Waals surface area contributed by atoms with Crippen molar-refractivity contribution in [1.29, 1.82) is 0 Å². The molecule has 2 fully saturated rings. The Morgan fingerprint density at radius 3 is 2.11 bits per heavy atom. The number of hydrogen-bond acceptors (Lipinski definition) is 5. The van der Waals surface area contributed by atoms with Crippen LogP contribution in [0.15, 0.2) is 29.2 Å². The predicted molar refractivity (Wildman–Crippen MR) is 98.1 cm³/mol. The number of anilines is 1. The van der Waals surface area contributed by atoms with Crippen LogP contribution in [0.4, 0.5) is 5.69 Å². The summed E-state index contributed by atoms with van der Waals surface area (Å²) in [5.74, 6) is -2.91. The predicted octanol–water partition coefficient (Wildman–Crippen LogP) is 1.36. The number of nitrogens with zero attached hydrogens (tertiary/aromatic N) is 1. The number of carboxylic acid groups (broad SMARTS) is 1. The molecule has 148 valence electrons. The molecule has 1 aromatic rings. The van der Waals surface area contributed by atoms with Crippen molar-refractivity contribution in [2.45, 2.75) is 49.8 Å². The van der Waals surface area contributed by atoms with Crippen LogP contribution in [-0.2, 0) is 19.6 Å². The van der Waals surface area contributed by atoms with Gasteiger partial charge in [0.15, 0.2) is 0 Å². The number of rotatable bonds is 5. The Morgan fingerprint density at radius 2 is 1.52 bits per heavy atom. The Morgan fingerprint density at radius 1 is 0.926 bits per heavy atom. The van der Waals surface area contributed by atoms with Gasteiger partial charge < -0.3 is 15.2 Å². The van der Waals surface area contributed by atoms with Gasteiger partial charge in [0, 0.05) is 36.6 Å². The quantitative estimate of drug-likeness (QED) is 0.813. The maximum absolute atomic E-state index is 12.7. The molecule has 0 unspecified atom stereocenters. The number of carbonyl (C=O) groups is 2. The standard InChI is InChI=1S/C19H26N2O5S/c22-18(16-6-2-3-7-17(16)19(23)24)20-14-8-10-15(11-9-14)27(25,26)21-12-4-1-5-13-21/h8-11,16-17H,1-7,12-13H2,(H,20,22)(H,23,24)/p-1/t16-,17-/m1/s1. The summed E-state index contributed by atoms with van der Waals surface area (Å²) in [5.41, 5.74) is 0.459. The van der Waals surface area contributed by atoms with E-state index in [2.05, 4.69) is 5.32 Å². The molecule has 0 aromatic heterocycles. The van der Waals surface area contributed by atoms with Crippen molar-refractivity contribution in [1.82, 2.24) is 4.31 Å². The van der Waals surface area contributed by atoms with Crippen LogP contribution in [0.1, 0.15) is 44.9 Å². The maximum Gasteiger partial charge on any atom is 0.243 e. The Hall–Kier alpha value is -1.93. The highest BCUT2D eigenvalue weighted by Crippen LogP contribution is 2.31. The van der Waals surface area contributed by atoms with Crippen molar-refractivity contribution < 1.29 is 23.1 Å². The number of amides is 1. The van der Waals surface area contributed by atoms with Gasteiger partial charge in [-0.1, -0.05) is 19.3 Å². The minimum Gasteiger partial charge on any atom is -0.550 e. The smallest absolute Gasteiger partial charge is 0.243 e. The monoisotopic (exact) mass is 393 g/mol. The molecular formula is C19H25N2O5S-. The molecule has 1 saturated heterocycles. The van der Waals surface area contributed by atoms with Crippen molar-refractivity contribution in [3.8, 4) is 0 Å². The van der Waals surface area contributed by atoms with E-state index in [0.29, 0.717) is 31.6 Å². The lowest BCUT2D eigenvalue weighted by Gasteiger charge is -2.31. The summed E-state index contributed by atoms with van der Waals surface area (Å²) in [6, 6.07) is 6.06. The van der Waals surface area contributed by atoms with Crippen molar-refractivity contribution in [2.75, 3.05) is 18.4 Å². The molecule has 0 spiro atoms. The molecule has 1 aliphatic carbocycles. The lowest BCUT2D eigenvalue weighted by atomic mass is 9.78. The van der Waals surface area contributed by atoms with Gasteiger partial charge in [0.2, 0.25) is 15.9 Å². The van der Waals surface area contributed by atoms with E-state index in [1.165, 1.54) is 16.4 Å². The number of sulfonamides is 1. The average molecular weight is 393 g/mol. The van der Waals surface area contributed by atoms with Gasteiger partial charge in [-0.25, -0.2) is 8.42 Å². The highest BCUT2D eigenvalue weighted by molar-refractivity contribution is 7.89. The van der Waals surface area contributed by atoms with Gasteiger partial charge in [0.1, 0.15) is 0 Å². The van der Waals surface area contributed by atoms with E-state index in [4.69, 9.17) is 0 Å². The Balaban J connectivity index is 1.68. The van der Waals surface area contributed by atoms with Gasteiger partial charge in [-0.3, -0.25) is 4.79 Å². The van der Waals surface area contributed by atoms with Crippen LogP contribution < -0.4 is 10.4 Å². The maximum atomic E-state index is 12.7. The molecule has 1 amide bonds. The number of carboxylic acids is 1. The van der Waals surface area contributed by atoms with Crippen LogP contribution in [0.2, 0.25) is 0 Å². The van der Waals surface area contributed by atoms with Gasteiger partial charge in [0.05, 0.1) is 4.90 Å². The Bertz CT molecular complexity index is 785. The van der Waals surface area contributed by atoms with Crippen LogP contribution in [0.5, 0.6) is 0 Å². The summed E-state index contributed by atoms with van der Waals surface area (Å²) in [6.45, 7) is 1.07. The fourth-order valence-corrected chi connectivity index (χ4v) is 5.44. The third-order valence-electron chi connectivity index (χ3n) is 5.48. The fraction of sp³-hybridized carbons (Fsp3) is 0.579. The lowest BCUT2D eigenvalue weighted by Crippen LogP contribution is -2.42. The lowest BCUT2D eigenvalue weighted by molar-refractivity contribution is -0.313. The number of aliphatic carboxylic acids is 1. The zero-order valence-corrected chi connectivity index (χ0v) is 16.0. The zero-order chi connectivity index (χ0) is 19.4. The van der Waals surface area contributed by atoms with E-state index >= 15 is 0 Å². The van der Waals surface area contributed by atoms with E-state index in [1.54, 1.807) is 12.1 Å². The number of benzene rings is 1. The van der Waals surface area contributed by atoms with Crippen molar-refractivity contribution in [3.63, 3.8) is 0 Å². The van der Waals surface area contributed by atoms with Gasteiger partial charge in [-0.15, -0.1) is 0 Å². The molecule has 0 bridgehead atoms. The molecule has 1 aliphatic heterocycles. The van der Waals surface area contributed by atoms with E-state index in [0.717, 1.165) is 32.1 Å². The highest BCUT2D eigenvalue weighted by atomic mass is 32.2. The molecule has 1 saturated carbocycles. The fourth-order valence-electron chi connectivity index (χ4n) is 3.93. The molecule has 1 aromatic carbocycles.